The number of allylic oxidation sites excluding steroid dienone is 2. The lowest BCUT2D eigenvalue weighted by molar-refractivity contribution is -0.135. The van der Waals surface area contributed by atoms with Gasteiger partial charge in [0.25, 0.3) is 0 Å². The van der Waals surface area contributed by atoms with E-state index in [1.165, 1.54) is 0 Å². The van der Waals surface area contributed by atoms with Crippen molar-refractivity contribution in [2.75, 3.05) is 6.61 Å². The molecule has 1 fully saturated rings. The van der Waals surface area contributed by atoms with E-state index in [9.17, 15) is 9.59 Å². The first-order valence-corrected chi connectivity index (χ1v) is 6.41. The minimum atomic E-state index is -0.264. The number of rotatable bonds is 0. The summed E-state index contributed by atoms with van der Waals surface area (Å²) in [7, 11) is 0. The summed E-state index contributed by atoms with van der Waals surface area (Å²) >= 11 is 0. The van der Waals surface area contributed by atoms with E-state index in [4.69, 9.17) is 4.74 Å². The molecule has 3 rings (SSSR count). The highest BCUT2D eigenvalue weighted by atomic mass is 16.5. The molecule has 0 radical (unpaired) electrons. The van der Waals surface area contributed by atoms with Crippen molar-refractivity contribution in [3.8, 4) is 0 Å². The van der Waals surface area contributed by atoms with Crippen LogP contribution in [-0.2, 0) is 9.53 Å². The molecule has 19 heavy (non-hydrogen) atoms. The number of fused-ring (bicyclic) bond motifs is 1. The van der Waals surface area contributed by atoms with Gasteiger partial charge in [-0.15, -0.1) is 0 Å². The molecule has 2 aliphatic rings. The standard InChI is InChI=1S/C16H14O3/c1-2-10-14(9-19-16(10)18)12-7-8-15(17)13-6-4-3-5-11(12)13/h2-6H,7-9H2,1H3/b10-2+,14-12+. The number of Topliss-reactive ketones (excluding diaryl/α,β-unsaturated/α-hetero) is 1. The van der Waals surface area contributed by atoms with E-state index in [2.05, 4.69) is 0 Å². The van der Waals surface area contributed by atoms with Crippen LogP contribution in [-0.4, -0.2) is 18.4 Å². The number of esters is 1. The molecule has 1 aliphatic carbocycles. The van der Waals surface area contributed by atoms with Crippen LogP contribution >= 0.6 is 0 Å². The number of carbonyl (C=O) groups excluding carboxylic acids is 2. The smallest absolute Gasteiger partial charge is 0.338 e. The molecule has 0 spiro atoms. The van der Waals surface area contributed by atoms with E-state index in [1.807, 2.05) is 31.2 Å². The predicted octanol–water partition coefficient (Wildman–Crippen LogP) is 2.92. The monoisotopic (exact) mass is 254 g/mol. The van der Waals surface area contributed by atoms with Crippen LogP contribution in [0.5, 0.6) is 0 Å². The molecule has 0 bridgehead atoms. The van der Waals surface area contributed by atoms with E-state index in [0.29, 0.717) is 25.0 Å². The van der Waals surface area contributed by atoms with Gasteiger partial charge in [0.15, 0.2) is 5.78 Å². The molecule has 0 N–H and O–H groups in total. The first-order valence-electron chi connectivity index (χ1n) is 6.41. The van der Waals surface area contributed by atoms with E-state index in [1.54, 1.807) is 6.08 Å². The Bertz CT molecular complexity index is 635. The summed E-state index contributed by atoms with van der Waals surface area (Å²) in [5, 5.41) is 0. The number of hydrogen-bond donors (Lipinski definition) is 0. The van der Waals surface area contributed by atoms with E-state index in [0.717, 1.165) is 22.3 Å². The molecule has 0 aromatic heterocycles. The molecule has 0 unspecified atom stereocenters. The first kappa shape index (κ1) is 11.9. The molecule has 1 aromatic carbocycles. The number of ether oxygens (including phenoxy) is 1. The van der Waals surface area contributed by atoms with Crippen molar-refractivity contribution in [3.05, 3.63) is 52.6 Å². The lowest BCUT2D eigenvalue weighted by Crippen LogP contribution is -2.11. The van der Waals surface area contributed by atoms with Crippen molar-refractivity contribution in [2.45, 2.75) is 19.8 Å². The highest BCUT2D eigenvalue weighted by Crippen LogP contribution is 2.37. The van der Waals surface area contributed by atoms with Gasteiger partial charge >= 0.3 is 5.97 Å². The fourth-order valence-electron chi connectivity index (χ4n) is 2.77. The molecule has 1 aliphatic heterocycles. The van der Waals surface area contributed by atoms with Gasteiger partial charge in [-0.2, -0.15) is 0 Å². The second-order valence-electron chi connectivity index (χ2n) is 4.70. The summed E-state index contributed by atoms with van der Waals surface area (Å²) in [6.45, 7) is 2.15. The SMILES string of the molecule is C/C=C1/C(=O)OC/C1=C1/CCC(=O)c2ccccc21. The largest absolute Gasteiger partial charge is 0.457 e. The van der Waals surface area contributed by atoms with E-state index < -0.39 is 0 Å². The molecule has 1 saturated heterocycles. The molecule has 1 aromatic rings. The third kappa shape index (κ3) is 1.82. The van der Waals surface area contributed by atoms with Crippen LogP contribution in [0.1, 0.15) is 35.7 Å². The highest BCUT2D eigenvalue weighted by molar-refractivity contribution is 6.07. The van der Waals surface area contributed by atoms with Gasteiger partial charge < -0.3 is 4.74 Å². The minimum Gasteiger partial charge on any atom is -0.457 e. The van der Waals surface area contributed by atoms with Gasteiger partial charge in [0, 0.05) is 17.6 Å². The number of benzene rings is 1. The van der Waals surface area contributed by atoms with Crippen molar-refractivity contribution in [1.82, 2.24) is 0 Å². The van der Waals surface area contributed by atoms with Gasteiger partial charge in [-0.3, -0.25) is 4.79 Å². The number of carbonyl (C=O) groups is 2. The summed E-state index contributed by atoms with van der Waals surface area (Å²) in [6.07, 6.45) is 2.97. The van der Waals surface area contributed by atoms with Crippen molar-refractivity contribution < 1.29 is 14.3 Å². The van der Waals surface area contributed by atoms with Gasteiger partial charge in [-0.1, -0.05) is 30.3 Å². The second kappa shape index (κ2) is 4.50. The fourth-order valence-corrected chi connectivity index (χ4v) is 2.77. The van der Waals surface area contributed by atoms with E-state index >= 15 is 0 Å². The van der Waals surface area contributed by atoms with Crippen LogP contribution in [0.15, 0.2) is 41.5 Å². The molecule has 0 saturated carbocycles. The first-order chi connectivity index (χ1) is 9.22. The molecule has 96 valence electrons. The topological polar surface area (TPSA) is 43.4 Å². The Morgan fingerprint density at radius 2 is 1.79 bits per heavy atom. The molecular formula is C16H14O3. The Labute approximate surface area is 111 Å². The van der Waals surface area contributed by atoms with Gasteiger partial charge in [0.1, 0.15) is 6.61 Å². The van der Waals surface area contributed by atoms with Crippen molar-refractivity contribution in [1.29, 1.82) is 0 Å². The Morgan fingerprint density at radius 3 is 2.53 bits per heavy atom. The maximum Gasteiger partial charge on any atom is 0.338 e. The zero-order valence-electron chi connectivity index (χ0n) is 10.7. The molecule has 3 nitrogen and oxygen atoms in total. The third-order valence-electron chi connectivity index (χ3n) is 3.70. The molecule has 3 heteroatoms. The minimum absolute atomic E-state index is 0.173. The Kier molecular flexibility index (Phi) is 2.82. The second-order valence-corrected chi connectivity index (χ2v) is 4.70. The summed E-state index contributed by atoms with van der Waals surface area (Å²) < 4.78 is 5.11. The summed E-state index contributed by atoms with van der Waals surface area (Å²) in [6, 6.07) is 7.59. The van der Waals surface area contributed by atoms with Crippen LogP contribution in [0.2, 0.25) is 0 Å². The fraction of sp³-hybridized carbons (Fsp3) is 0.250. The normalized spacial score (nSPS) is 24.6. The summed E-state index contributed by atoms with van der Waals surface area (Å²) in [4.78, 5) is 23.6. The number of cyclic esters (lactones) is 1. The molecular weight excluding hydrogens is 240 g/mol. The van der Waals surface area contributed by atoms with Crippen molar-refractivity contribution in [3.63, 3.8) is 0 Å². The van der Waals surface area contributed by atoms with Gasteiger partial charge in [0.2, 0.25) is 0 Å². The van der Waals surface area contributed by atoms with Crippen LogP contribution < -0.4 is 0 Å². The maximum absolute atomic E-state index is 11.9. The van der Waals surface area contributed by atoms with Gasteiger partial charge in [-0.05, 0) is 24.5 Å². The molecule has 0 amide bonds. The summed E-state index contributed by atoms with van der Waals surface area (Å²) in [5.41, 5.74) is 4.36. The van der Waals surface area contributed by atoms with Crippen LogP contribution in [0.25, 0.3) is 5.57 Å². The average Bonchev–Trinajstić information content (AvgIpc) is 2.80. The zero-order chi connectivity index (χ0) is 13.4. The van der Waals surface area contributed by atoms with Gasteiger partial charge in [-0.25, -0.2) is 4.79 Å². The highest BCUT2D eigenvalue weighted by Gasteiger charge is 2.30. The average molecular weight is 254 g/mol. The quantitative estimate of drug-likeness (QED) is 0.528. The van der Waals surface area contributed by atoms with E-state index in [-0.39, 0.29) is 11.8 Å². The number of ketones is 1. The van der Waals surface area contributed by atoms with Crippen LogP contribution in [0, 0.1) is 0 Å². The van der Waals surface area contributed by atoms with Crippen LogP contribution in [0.4, 0.5) is 0 Å². The van der Waals surface area contributed by atoms with Crippen molar-refractivity contribution >= 4 is 17.3 Å². The summed E-state index contributed by atoms with van der Waals surface area (Å²) in [5.74, 6) is -0.0911. The number of hydrogen-bond acceptors (Lipinski definition) is 3. The predicted molar refractivity (Wildman–Crippen MR) is 71.6 cm³/mol. The molecule has 0 atom stereocenters. The Hall–Kier alpha value is -2.16. The van der Waals surface area contributed by atoms with Gasteiger partial charge in [0.05, 0.1) is 5.57 Å². The Balaban J connectivity index is 2.20. The van der Waals surface area contributed by atoms with Crippen LogP contribution in [0.3, 0.4) is 0 Å². The lowest BCUT2D eigenvalue weighted by Gasteiger charge is -2.19. The Morgan fingerprint density at radius 1 is 1.05 bits per heavy atom. The maximum atomic E-state index is 11.9. The van der Waals surface area contributed by atoms with Crippen molar-refractivity contribution in [2.24, 2.45) is 0 Å². The lowest BCUT2D eigenvalue weighted by atomic mass is 9.83. The zero-order valence-corrected chi connectivity index (χ0v) is 10.7. The third-order valence-corrected chi connectivity index (χ3v) is 3.70. The molecule has 1 heterocycles.